The minimum Gasteiger partial charge on any atom is -0.472 e. The molecule has 4 heterocycles. The standard InChI is InChI=1S/C19H22ClFN6O/c1-11-16-18(25-27(11)13-5-3-2-4-6-13)28-10-12(21)8-26-9-15(20)14-7-22-19(23-16)24-17(14)26/h7,9,12-13H,2-6,8,10H2,1H3,(H,22,23,24). The van der Waals surface area contributed by atoms with E-state index in [0.29, 0.717) is 39.6 Å². The van der Waals surface area contributed by atoms with Crippen molar-refractivity contribution in [1.29, 1.82) is 0 Å². The van der Waals surface area contributed by atoms with Crippen LogP contribution in [-0.2, 0) is 6.54 Å². The number of nitrogens with one attached hydrogen (secondary N) is 1. The molecule has 0 radical (unpaired) electrons. The van der Waals surface area contributed by atoms with Crippen LogP contribution >= 0.6 is 11.6 Å². The predicted octanol–water partition coefficient (Wildman–Crippen LogP) is 4.57. The molecule has 1 fully saturated rings. The van der Waals surface area contributed by atoms with Gasteiger partial charge in [0.05, 0.1) is 28.7 Å². The van der Waals surface area contributed by atoms with Gasteiger partial charge in [0.1, 0.15) is 17.9 Å². The normalized spacial score (nSPS) is 20.5. The van der Waals surface area contributed by atoms with Crippen LogP contribution in [0.25, 0.3) is 11.0 Å². The van der Waals surface area contributed by atoms with Crippen LogP contribution in [-0.4, -0.2) is 37.1 Å². The van der Waals surface area contributed by atoms with E-state index in [1.165, 1.54) is 19.3 Å². The fourth-order valence-electron chi connectivity index (χ4n) is 4.19. The van der Waals surface area contributed by atoms with E-state index < -0.39 is 6.17 Å². The Morgan fingerprint density at radius 2 is 2.11 bits per heavy atom. The monoisotopic (exact) mass is 404 g/mol. The molecular formula is C19H22ClFN6O. The summed E-state index contributed by atoms with van der Waals surface area (Å²) in [5, 5.41) is 9.14. The van der Waals surface area contributed by atoms with Crippen molar-refractivity contribution >= 4 is 34.3 Å². The molecule has 0 spiro atoms. The number of nitrogens with zero attached hydrogens (tertiary/aromatic N) is 5. The highest BCUT2D eigenvalue weighted by Gasteiger charge is 2.26. The third-order valence-corrected chi connectivity index (χ3v) is 5.94. The highest BCUT2D eigenvalue weighted by molar-refractivity contribution is 6.35. The minimum atomic E-state index is -1.21. The van der Waals surface area contributed by atoms with Crippen molar-refractivity contribution in [3.63, 3.8) is 0 Å². The summed E-state index contributed by atoms with van der Waals surface area (Å²) in [5.74, 6) is 0.816. The van der Waals surface area contributed by atoms with Crippen LogP contribution < -0.4 is 10.1 Å². The van der Waals surface area contributed by atoms with Crippen molar-refractivity contribution in [2.45, 2.75) is 57.8 Å². The van der Waals surface area contributed by atoms with Gasteiger partial charge in [-0.05, 0) is 19.8 Å². The molecule has 2 bridgehead atoms. The Hall–Kier alpha value is -2.35. The first-order valence-corrected chi connectivity index (χ1v) is 10.1. The van der Waals surface area contributed by atoms with Crippen molar-refractivity contribution in [3.8, 4) is 5.88 Å². The van der Waals surface area contributed by atoms with Gasteiger partial charge in [-0.25, -0.2) is 9.37 Å². The number of rotatable bonds is 1. The van der Waals surface area contributed by atoms with Gasteiger partial charge in [0.15, 0.2) is 6.17 Å². The molecule has 1 aliphatic carbocycles. The van der Waals surface area contributed by atoms with E-state index >= 15 is 0 Å². The summed E-state index contributed by atoms with van der Waals surface area (Å²) < 4.78 is 24.2. The molecule has 1 aliphatic heterocycles. The lowest BCUT2D eigenvalue weighted by Gasteiger charge is -2.23. The summed E-state index contributed by atoms with van der Waals surface area (Å²) in [7, 11) is 0. The second-order valence-electron chi connectivity index (χ2n) is 7.60. The molecule has 1 atom stereocenters. The molecule has 7 nitrogen and oxygen atoms in total. The first-order chi connectivity index (χ1) is 13.6. The van der Waals surface area contributed by atoms with Crippen molar-refractivity contribution in [2.24, 2.45) is 0 Å². The zero-order valence-corrected chi connectivity index (χ0v) is 16.4. The maximum Gasteiger partial charge on any atom is 0.257 e. The highest BCUT2D eigenvalue weighted by atomic mass is 35.5. The van der Waals surface area contributed by atoms with Crippen LogP contribution in [0.3, 0.4) is 0 Å². The van der Waals surface area contributed by atoms with Gasteiger partial charge in [0, 0.05) is 12.4 Å². The second kappa shape index (κ2) is 6.92. The largest absolute Gasteiger partial charge is 0.472 e. The molecule has 148 valence electrons. The number of alkyl halides is 1. The summed E-state index contributed by atoms with van der Waals surface area (Å²) in [6.07, 6.45) is 8.00. The fourth-order valence-corrected chi connectivity index (χ4v) is 4.44. The van der Waals surface area contributed by atoms with Crippen LogP contribution in [0.15, 0.2) is 12.4 Å². The molecule has 2 aliphatic rings. The van der Waals surface area contributed by atoms with Gasteiger partial charge in [-0.1, -0.05) is 30.9 Å². The number of fused-ring (bicyclic) bond motifs is 2. The van der Waals surface area contributed by atoms with Crippen molar-refractivity contribution in [2.75, 3.05) is 11.9 Å². The molecule has 0 aromatic carbocycles. The molecule has 28 heavy (non-hydrogen) atoms. The van der Waals surface area contributed by atoms with Crippen LogP contribution in [0, 0.1) is 6.92 Å². The summed E-state index contributed by atoms with van der Waals surface area (Å²) >= 11 is 6.26. The Labute approximate surface area is 166 Å². The Morgan fingerprint density at radius 3 is 2.93 bits per heavy atom. The predicted molar refractivity (Wildman–Crippen MR) is 105 cm³/mol. The van der Waals surface area contributed by atoms with E-state index in [9.17, 15) is 4.39 Å². The lowest BCUT2D eigenvalue weighted by atomic mass is 9.95. The Balaban J connectivity index is 1.60. The zero-order valence-electron chi connectivity index (χ0n) is 15.7. The molecule has 9 heteroatoms. The third-order valence-electron chi connectivity index (χ3n) is 5.64. The Kier molecular flexibility index (Phi) is 4.38. The van der Waals surface area contributed by atoms with Crippen LogP contribution in [0.1, 0.15) is 43.8 Å². The summed E-state index contributed by atoms with van der Waals surface area (Å²) in [4.78, 5) is 8.96. The van der Waals surface area contributed by atoms with Crippen molar-refractivity contribution in [1.82, 2.24) is 24.3 Å². The van der Waals surface area contributed by atoms with Gasteiger partial charge < -0.3 is 14.6 Å². The van der Waals surface area contributed by atoms with Gasteiger partial charge in [0.25, 0.3) is 5.88 Å². The van der Waals surface area contributed by atoms with E-state index in [1.807, 2.05) is 11.6 Å². The average molecular weight is 405 g/mol. The quantitative estimate of drug-likeness (QED) is 0.643. The average Bonchev–Trinajstić information content (AvgIpc) is 3.17. The minimum absolute atomic E-state index is 0.0867. The first kappa shape index (κ1) is 17.7. The number of hydrogen-bond donors (Lipinski definition) is 1. The van der Waals surface area contributed by atoms with E-state index in [0.717, 1.165) is 18.5 Å². The zero-order chi connectivity index (χ0) is 19.3. The van der Waals surface area contributed by atoms with Gasteiger partial charge in [-0.3, -0.25) is 4.68 Å². The number of hydrogen-bond acceptors (Lipinski definition) is 5. The topological polar surface area (TPSA) is 69.8 Å². The van der Waals surface area contributed by atoms with E-state index in [4.69, 9.17) is 16.3 Å². The molecule has 3 aromatic rings. The van der Waals surface area contributed by atoms with Crippen LogP contribution in [0.5, 0.6) is 5.88 Å². The molecular weight excluding hydrogens is 383 g/mol. The number of aromatic nitrogens is 5. The molecule has 3 aromatic heterocycles. The molecule has 1 saturated carbocycles. The Morgan fingerprint density at radius 1 is 1.29 bits per heavy atom. The fraction of sp³-hybridized carbons (Fsp3) is 0.526. The van der Waals surface area contributed by atoms with Gasteiger partial charge in [-0.15, -0.1) is 5.10 Å². The van der Waals surface area contributed by atoms with Crippen molar-refractivity contribution < 1.29 is 9.13 Å². The Bertz CT molecular complexity index is 1030. The van der Waals surface area contributed by atoms with Gasteiger partial charge in [0.2, 0.25) is 5.95 Å². The number of halogens is 2. The van der Waals surface area contributed by atoms with E-state index in [-0.39, 0.29) is 13.2 Å². The van der Waals surface area contributed by atoms with E-state index in [2.05, 4.69) is 20.4 Å². The number of anilines is 2. The summed E-state index contributed by atoms with van der Waals surface area (Å²) in [6.45, 7) is 2.02. The van der Waals surface area contributed by atoms with Gasteiger partial charge >= 0.3 is 0 Å². The van der Waals surface area contributed by atoms with Gasteiger partial charge in [-0.2, -0.15) is 4.98 Å². The molecule has 1 unspecified atom stereocenters. The number of ether oxygens (including phenoxy) is 1. The van der Waals surface area contributed by atoms with Crippen LogP contribution in [0.2, 0.25) is 5.02 Å². The molecule has 5 rings (SSSR count). The molecule has 0 amide bonds. The smallest absolute Gasteiger partial charge is 0.257 e. The summed E-state index contributed by atoms with van der Waals surface area (Å²) in [6, 6.07) is 0.347. The third kappa shape index (κ3) is 2.99. The van der Waals surface area contributed by atoms with Crippen LogP contribution in [0.4, 0.5) is 16.0 Å². The molecule has 1 N–H and O–H groups in total. The maximum atomic E-state index is 14.6. The maximum absolute atomic E-state index is 14.6. The second-order valence-corrected chi connectivity index (χ2v) is 8.00. The van der Waals surface area contributed by atoms with Crippen molar-refractivity contribution in [3.05, 3.63) is 23.1 Å². The lowest BCUT2D eigenvalue weighted by molar-refractivity contribution is 0.173. The van der Waals surface area contributed by atoms with E-state index in [1.54, 1.807) is 17.0 Å². The summed E-state index contributed by atoms with van der Waals surface area (Å²) in [5.41, 5.74) is 2.25. The lowest BCUT2D eigenvalue weighted by Crippen LogP contribution is -2.20. The highest BCUT2D eigenvalue weighted by Crippen LogP contribution is 2.37. The first-order valence-electron chi connectivity index (χ1n) is 9.74. The SMILES string of the molecule is Cc1c2c(nn1C1CCCCC1)OCC(F)Cn1cc(Cl)c3cnc(nc31)N2. The molecule has 0 saturated heterocycles.